The molecule has 32 heavy (non-hydrogen) atoms. The molecule has 0 N–H and O–H groups in total. The third kappa shape index (κ3) is 5.54. The number of hydrogen-bond acceptors (Lipinski definition) is 4. The number of hydrogen-bond donors (Lipinski definition) is 0. The Kier molecular flexibility index (Phi) is 6.78. The number of alkyl halides is 6. The van der Waals surface area contributed by atoms with Crippen LogP contribution in [0, 0.1) is 5.92 Å². The first kappa shape index (κ1) is 24.3. The molecule has 11 heteroatoms. The largest absolute Gasteiger partial charge is 0.417 e. The van der Waals surface area contributed by atoms with Crippen molar-refractivity contribution in [3.05, 3.63) is 53.7 Å². The summed E-state index contributed by atoms with van der Waals surface area (Å²) in [6, 6.07) is 6.01. The van der Waals surface area contributed by atoms with Crippen LogP contribution in [0.2, 0.25) is 0 Å². The average Bonchev–Trinajstić information content (AvgIpc) is 2.73. The average molecular weight is 480 g/mol. The molecule has 0 aliphatic carbocycles. The minimum Gasteiger partial charge on any atom is -0.357 e. The highest BCUT2D eigenvalue weighted by atomic mass is 32.2. The van der Waals surface area contributed by atoms with Gasteiger partial charge in [0, 0.05) is 19.3 Å². The molecule has 1 aromatic carbocycles. The molecule has 1 aliphatic rings. The Labute approximate surface area is 182 Å². The first-order chi connectivity index (χ1) is 14.8. The lowest BCUT2D eigenvalue weighted by molar-refractivity contribution is -0.138. The fourth-order valence-electron chi connectivity index (χ4n) is 3.82. The van der Waals surface area contributed by atoms with Crippen molar-refractivity contribution in [1.82, 2.24) is 4.98 Å². The number of pyridine rings is 1. The zero-order valence-electron chi connectivity index (χ0n) is 17.1. The highest BCUT2D eigenvalue weighted by molar-refractivity contribution is 7.92. The van der Waals surface area contributed by atoms with E-state index in [1.165, 1.54) is 19.1 Å². The van der Waals surface area contributed by atoms with E-state index in [1.54, 1.807) is 0 Å². The van der Waals surface area contributed by atoms with Crippen molar-refractivity contribution in [3.8, 4) is 0 Å². The predicted molar refractivity (Wildman–Crippen MR) is 107 cm³/mol. The molecular formula is C21H22F6N2O2S. The number of benzene rings is 1. The Bertz CT molecular complexity index is 1030. The Morgan fingerprint density at radius 2 is 1.62 bits per heavy atom. The highest BCUT2D eigenvalue weighted by Crippen LogP contribution is 2.34. The molecule has 0 saturated carbocycles. The molecule has 4 nitrogen and oxygen atoms in total. The van der Waals surface area contributed by atoms with Crippen molar-refractivity contribution in [3.63, 3.8) is 0 Å². The summed E-state index contributed by atoms with van der Waals surface area (Å²) >= 11 is 0. The van der Waals surface area contributed by atoms with E-state index in [4.69, 9.17) is 0 Å². The molecule has 1 aromatic heterocycles. The molecule has 1 saturated heterocycles. The number of sulfone groups is 1. The van der Waals surface area contributed by atoms with Crippen LogP contribution >= 0.6 is 0 Å². The molecule has 2 heterocycles. The van der Waals surface area contributed by atoms with Crippen molar-refractivity contribution in [1.29, 1.82) is 0 Å². The molecule has 0 amide bonds. The van der Waals surface area contributed by atoms with E-state index in [0.29, 0.717) is 37.8 Å². The van der Waals surface area contributed by atoms with E-state index in [1.807, 2.05) is 4.90 Å². The molecular weight excluding hydrogens is 458 g/mol. The fourth-order valence-corrected chi connectivity index (χ4v) is 5.37. The minimum atomic E-state index is -4.63. The van der Waals surface area contributed by atoms with Crippen LogP contribution in [0.5, 0.6) is 0 Å². The summed E-state index contributed by atoms with van der Waals surface area (Å²) < 4.78 is 102. The van der Waals surface area contributed by atoms with Crippen molar-refractivity contribution in [2.24, 2.45) is 5.92 Å². The maximum atomic E-state index is 12.9. The smallest absolute Gasteiger partial charge is 0.357 e. The summed E-state index contributed by atoms with van der Waals surface area (Å²) in [6.45, 7) is 2.48. The lowest BCUT2D eigenvalue weighted by Gasteiger charge is -2.34. The van der Waals surface area contributed by atoms with Crippen LogP contribution in [0.4, 0.5) is 32.2 Å². The monoisotopic (exact) mass is 480 g/mol. The van der Waals surface area contributed by atoms with Gasteiger partial charge in [0.25, 0.3) is 0 Å². The van der Waals surface area contributed by atoms with Crippen LogP contribution in [-0.4, -0.2) is 31.7 Å². The van der Waals surface area contributed by atoms with Gasteiger partial charge >= 0.3 is 12.4 Å². The Morgan fingerprint density at radius 3 is 2.16 bits per heavy atom. The van der Waals surface area contributed by atoms with Gasteiger partial charge in [-0.3, -0.25) is 0 Å². The lowest BCUT2D eigenvalue weighted by Crippen LogP contribution is -2.36. The van der Waals surface area contributed by atoms with Crippen molar-refractivity contribution < 1.29 is 34.8 Å². The summed E-state index contributed by atoms with van der Waals surface area (Å²) in [5, 5.41) is -0.869. The second-order valence-corrected chi connectivity index (χ2v) is 10.3. The van der Waals surface area contributed by atoms with Crippen LogP contribution < -0.4 is 4.90 Å². The van der Waals surface area contributed by atoms with E-state index in [2.05, 4.69) is 4.98 Å². The quantitative estimate of drug-likeness (QED) is 0.524. The predicted octanol–water partition coefficient (Wildman–Crippen LogP) is 5.59. The molecule has 1 fully saturated rings. The first-order valence-electron chi connectivity index (χ1n) is 9.98. The normalized spacial score (nSPS) is 17.4. The van der Waals surface area contributed by atoms with Gasteiger partial charge in [-0.05, 0) is 62.4 Å². The van der Waals surface area contributed by atoms with E-state index >= 15 is 0 Å². The molecule has 1 unspecified atom stereocenters. The molecule has 176 valence electrons. The number of nitrogens with zero attached hydrogens (tertiary/aromatic N) is 2. The van der Waals surface area contributed by atoms with Crippen molar-refractivity contribution in [2.75, 3.05) is 18.0 Å². The SMILES string of the molecule is CC(CC1CCN(c2ccc(C(F)(F)F)cn2)CC1)S(=O)(=O)c1cccc(C(F)(F)F)c1. The van der Waals surface area contributed by atoms with Crippen molar-refractivity contribution >= 4 is 15.7 Å². The zero-order chi connectivity index (χ0) is 23.7. The van der Waals surface area contributed by atoms with Crippen LogP contribution in [0.25, 0.3) is 0 Å². The van der Waals surface area contributed by atoms with Gasteiger partial charge in [-0.1, -0.05) is 6.07 Å². The topological polar surface area (TPSA) is 50.3 Å². The summed E-state index contributed by atoms with van der Waals surface area (Å²) in [7, 11) is -3.94. The Hall–Kier alpha value is -2.30. The number of piperidine rings is 1. The van der Waals surface area contributed by atoms with Gasteiger partial charge in [0.2, 0.25) is 0 Å². The number of anilines is 1. The molecule has 0 spiro atoms. The summed E-state index contributed by atoms with van der Waals surface area (Å²) in [5.41, 5.74) is -1.84. The van der Waals surface area contributed by atoms with Crippen molar-refractivity contribution in [2.45, 2.75) is 48.7 Å². The standard InChI is InChI=1S/C21H22F6N2O2S/c1-14(32(30,31)18-4-2-3-16(12-18)20(22,23)24)11-15-7-9-29(10-8-15)19-6-5-17(13-28-19)21(25,26)27/h2-6,12-15H,7-11H2,1H3. The van der Waals surface area contributed by atoms with E-state index in [0.717, 1.165) is 24.4 Å². The van der Waals surface area contributed by atoms with Gasteiger partial charge < -0.3 is 4.90 Å². The van der Waals surface area contributed by atoms with E-state index in [9.17, 15) is 34.8 Å². The molecule has 1 aliphatic heterocycles. The third-order valence-electron chi connectivity index (χ3n) is 5.70. The second-order valence-electron chi connectivity index (χ2n) is 7.95. The molecule has 1 atom stereocenters. The molecule has 2 aromatic rings. The number of aromatic nitrogens is 1. The second kappa shape index (κ2) is 8.92. The van der Waals surface area contributed by atoms with Gasteiger partial charge in [0.05, 0.1) is 21.3 Å². The summed E-state index contributed by atoms with van der Waals surface area (Å²) in [4.78, 5) is 5.36. The molecule has 0 radical (unpaired) electrons. The highest BCUT2D eigenvalue weighted by Gasteiger charge is 2.34. The molecule has 0 bridgehead atoms. The van der Waals surface area contributed by atoms with Gasteiger partial charge in [0.1, 0.15) is 5.82 Å². The van der Waals surface area contributed by atoms with Gasteiger partial charge in [0.15, 0.2) is 9.84 Å². The lowest BCUT2D eigenvalue weighted by atomic mass is 9.92. The minimum absolute atomic E-state index is 0.0243. The summed E-state index contributed by atoms with van der Waals surface area (Å²) in [6.07, 6.45) is -6.82. The van der Waals surface area contributed by atoms with Gasteiger partial charge in [-0.2, -0.15) is 26.3 Å². The number of halogens is 6. The van der Waals surface area contributed by atoms with Crippen LogP contribution in [-0.2, 0) is 22.2 Å². The van der Waals surface area contributed by atoms with E-state index < -0.39 is 38.6 Å². The molecule has 3 rings (SSSR count). The van der Waals surface area contributed by atoms with Crippen LogP contribution in [0.1, 0.15) is 37.3 Å². The third-order valence-corrected chi connectivity index (χ3v) is 7.86. The van der Waals surface area contributed by atoms with Gasteiger partial charge in [-0.15, -0.1) is 0 Å². The van der Waals surface area contributed by atoms with Crippen LogP contribution in [0.15, 0.2) is 47.5 Å². The Balaban J connectivity index is 1.61. The van der Waals surface area contributed by atoms with E-state index in [-0.39, 0.29) is 17.2 Å². The first-order valence-corrected chi connectivity index (χ1v) is 11.5. The fraction of sp³-hybridized carbons (Fsp3) is 0.476. The number of rotatable bonds is 5. The maximum Gasteiger partial charge on any atom is 0.417 e. The summed E-state index contributed by atoms with van der Waals surface area (Å²) in [5.74, 6) is 0.442. The van der Waals surface area contributed by atoms with Gasteiger partial charge in [-0.25, -0.2) is 13.4 Å². The van der Waals surface area contributed by atoms with Crippen LogP contribution in [0.3, 0.4) is 0 Å². The zero-order valence-corrected chi connectivity index (χ0v) is 17.9. The maximum absolute atomic E-state index is 12.9. The Morgan fingerprint density at radius 1 is 1.00 bits per heavy atom.